The van der Waals surface area contributed by atoms with Gasteiger partial charge in [-0.15, -0.1) is 0 Å². The van der Waals surface area contributed by atoms with Gasteiger partial charge < -0.3 is 41.8 Å². The molecule has 2 aromatic rings. The molecule has 0 aliphatic carbocycles. The zero-order chi connectivity index (χ0) is 22.0. The molecule has 0 spiro atoms. The van der Waals surface area contributed by atoms with Crippen molar-refractivity contribution >= 4 is 23.5 Å². The molecular formula is C12H20N7O10. The fraction of sp³-hybridized carbons (Fsp3) is 0.417. The molecule has 17 nitrogen and oxygen atoms in total. The van der Waals surface area contributed by atoms with Crippen LogP contribution in [0.5, 0.6) is 0 Å². The van der Waals surface area contributed by atoms with Gasteiger partial charge in [0.05, 0.1) is 6.61 Å². The number of H-pyrrole nitrogens is 4. The molecule has 2 amide bonds. The highest BCUT2D eigenvalue weighted by atomic mass is 16.4. The normalized spacial score (nSPS) is 14.0. The predicted octanol–water partition coefficient (Wildman–Crippen LogP) is -6.60. The second kappa shape index (κ2) is 12.9. The summed E-state index contributed by atoms with van der Waals surface area (Å²) < 4.78 is 0. The molecule has 0 fully saturated rings. The number of nitrogens with one attached hydrogen (secondary N) is 4. The van der Waals surface area contributed by atoms with Crippen LogP contribution < -0.4 is 34.6 Å². The Kier molecular flexibility index (Phi) is 12.4. The topological polar surface area (TPSA) is 332 Å². The van der Waals surface area contributed by atoms with Gasteiger partial charge in [0.2, 0.25) is 0 Å². The van der Waals surface area contributed by atoms with Crippen LogP contribution in [0.25, 0.3) is 11.2 Å². The van der Waals surface area contributed by atoms with E-state index >= 15 is 0 Å². The standard InChI is InChI=1S/C6H12O6.C5H4N4O3.CH4N2O.N/c7-1-3(9)5(11)6(12)4(10)2-8;10-3-1-2(7-4(11)6-1)8-5(12)9-3;2-1(3)4;/h1,3-6,8-12H,2H2;(H4,6,7,8,9,10,11,12);(H4,2,3,4);/t3-,4+,5+,6+;;;/m0.../s1. The van der Waals surface area contributed by atoms with Crippen LogP contribution >= 0.6 is 0 Å². The number of urea groups is 1. The number of imidazole rings is 1. The highest BCUT2D eigenvalue weighted by Crippen LogP contribution is 2.02. The number of aldehydes is 1. The molecule has 0 saturated carbocycles. The number of fused-ring (bicyclic) bond motifs is 1. The number of aromatic nitrogens is 4. The summed E-state index contributed by atoms with van der Waals surface area (Å²) in [7, 11) is 0. The van der Waals surface area contributed by atoms with Gasteiger partial charge in [-0.25, -0.2) is 14.4 Å². The van der Waals surface area contributed by atoms with Crippen LogP contribution in [0.2, 0.25) is 0 Å². The SMILES string of the molecule is NC(N)=O.O=C[C@H](O)[C@@H](O)[C@H](O)[C@H](O)CO.O=c1[nH]c(=O)c2[nH]c(=O)[nH]c2[nH]1.[N]. The van der Waals surface area contributed by atoms with Gasteiger partial charge in [0.1, 0.15) is 35.6 Å². The van der Waals surface area contributed by atoms with E-state index in [1.165, 1.54) is 0 Å². The Balaban J connectivity index is 0. The molecule has 2 heterocycles. The van der Waals surface area contributed by atoms with Gasteiger partial charge in [-0.1, -0.05) is 0 Å². The van der Waals surface area contributed by atoms with Gasteiger partial charge in [-0.3, -0.25) is 24.7 Å². The number of aliphatic hydroxyl groups is 5. The summed E-state index contributed by atoms with van der Waals surface area (Å²) in [4.78, 5) is 59.9. The minimum absolute atomic E-state index is 0. The molecule has 0 aliphatic rings. The third-order valence-electron chi connectivity index (χ3n) is 2.84. The first-order chi connectivity index (χ1) is 12.9. The number of carbonyl (C=O) groups excluding carboxylic acids is 2. The summed E-state index contributed by atoms with van der Waals surface area (Å²) in [6.45, 7) is -0.760. The molecule has 0 bridgehead atoms. The third kappa shape index (κ3) is 9.41. The fourth-order valence-corrected chi connectivity index (χ4v) is 1.58. The number of rotatable bonds is 5. The van der Waals surface area contributed by atoms with E-state index in [-0.39, 0.29) is 23.6 Å². The number of aromatic amines is 4. The average Bonchev–Trinajstić information content (AvgIpc) is 2.99. The molecule has 0 saturated heterocycles. The van der Waals surface area contributed by atoms with E-state index in [2.05, 4.69) is 26.4 Å². The maximum Gasteiger partial charge on any atom is 0.327 e. The number of hydrogen-bond donors (Lipinski definition) is 11. The van der Waals surface area contributed by atoms with Crippen molar-refractivity contribution < 1.29 is 35.1 Å². The summed E-state index contributed by atoms with van der Waals surface area (Å²) in [6, 6.07) is -0.833. The Morgan fingerprint density at radius 1 is 0.931 bits per heavy atom. The Labute approximate surface area is 159 Å². The van der Waals surface area contributed by atoms with Crippen LogP contribution in [0.3, 0.4) is 0 Å². The number of nitrogens with zero attached hydrogens (tertiary/aromatic N) is 1. The summed E-state index contributed by atoms with van der Waals surface area (Å²) in [5.74, 6) is 0. The van der Waals surface area contributed by atoms with Crippen LogP contribution in [-0.4, -0.2) is 88.8 Å². The van der Waals surface area contributed by atoms with E-state index in [1.54, 1.807) is 0 Å². The van der Waals surface area contributed by atoms with Gasteiger partial charge in [-0.05, 0) is 0 Å². The lowest BCUT2D eigenvalue weighted by Gasteiger charge is -2.22. The lowest BCUT2D eigenvalue weighted by Crippen LogP contribution is -2.46. The van der Waals surface area contributed by atoms with Crippen molar-refractivity contribution in [2.45, 2.75) is 24.4 Å². The second-order valence-corrected chi connectivity index (χ2v) is 5.00. The van der Waals surface area contributed by atoms with Gasteiger partial charge in [0, 0.05) is 6.15 Å². The van der Waals surface area contributed by atoms with Gasteiger partial charge in [-0.2, -0.15) is 0 Å². The van der Waals surface area contributed by atoms with Crippen molar-refractivity contribution in [3.63, 3.8) is 0 Å². The Morgan fingerprint density at radius 2 is 1.38 bits per heavy atom. The van der Waals surface area contributed by atoms with Crippen molar-refractivity contribution in [1.29, 1.82) is 0 Å². The zero-order valence-electron chi connectivity index (χ0n) is 14.5. The Bertz CT molecular complexity index is 927. The van der Waals surface area contributed by atoms with Crippen LogP contribution in [0.15, 0.2) is 14.4 Å². The zero-order valence-corrected chi connectivity index (χ0v) is 14.5. The maximum atomic E-state index is 10.9. The second-order valence-electron chi connectivity index (χ2n) is 5.00. The summed E-state index contributed by atoms with van der Waals surface area (Å²) in [5, 5.41) is 43.5. The fourth-order valence-electron chi connectivity index (χ4n) is 1.58. The molecule has 13 N–H and O–H groups in total. The van der Waals surface area contributed by atoms with E-state index in [1.807, 2.05) is 4.98 Å². The van der Waals surface area contributed by atoms with Crippen LogP contribution in [0, 0.1) is 0 Å². The van der Waals surface area contributed by atoms with Crippen molar-refractivity contribution in [1.82, 2.24) is 26.1 Å². The van der Waals surface area contributed by atoms with E-state index < -0.39 is 54.0 Å². The molecule has 3 radical (unpaired) electrons. The summed E-state index contributed by atoms with van der Waals surface area (Å²) in [6.07, 6.45) is -6.84. The third-order valence-corrected chi connectivity index (χ3v) is 2.84. The molecule has 2 rings (SSSR count). The predicted molar refractivity (Wildman–Crippen MR) is 93.2 cm³/mol. The molecule has 0 aliphatic heterocycles. The van der Waals surface area contributed by atoms with Crippen molar-refractivity contribution in [3.8, 4) is 0 Å². The summed E-state index contributed by atoms with van der Waals surface area (Å²) >= 11 is 0. The summed E-state index contributed by atoms with van der Waals surface area (Å²) in [5.41, 5.74) is 6.85. The van der Waals surface area contributed by atoms with E-state index in [4.69, 9.17) is 30.3 Å². The first-order valence-corrected chi connectivity index (χ1v) is 7.22. The number of carbonyl (C=O) groups is 2. The van der Waals surface area contributed by atoms with Gasteiger partial charge in [0.15, 0.2) is 6.29 Å². The van der Waals surface area contributed by atoms with Crippen LogP contribution in [-0.2, 0) is 4.79 Å². The van der Waals surface area contributed by atoms with E-state index in [9.17, 15) is 19.2 Å². The first-order valence-electron chi connectivity index (χ1n) is 7.22. The lowest BCUT2D eigenvalue weighted by molar-refractivity contribution is -0.136. The molecule has 29 heavy (non-hydrogen) atoms. The molecular weight excluding hydrogens is 402 g/mol. The number of primary amides is 2. The number of amides is 2. The lowest BCUT2D eigenvalue weighted by atomic mass is 10.0. The molecule has 17 heteroatoms. The van der Waals surface area contributed by atoms with E-state index in [0.29, 0.717) is 0 Å². The first kappa shape index (κ1) is 27.9. The minimum atomic E-state index is -1.79. The molecule has 4 atom stereocenters. The van der Waals surface area contributed by atoms with Crippen LogP contribution in [0.1, 0.15) is 0 Å². The van der Waals surface area contributed by atoms with Gasteiger partial charge >= 0.3 is 17.4 Å². The molecule has 163 valence electrons. The largest absolute Gasteiger partial charge is 0.394 e. The number of hydrogen-bond acceptors (Lipinski definition) is 10. The van der Waals surface area contributed by atoms with Crippen molar-refractivity contribution in [3.05, 3.63) is 31.3 Å². The van der Waals surface area contributed by atoms with Gasteiger partial charge in [0.25, 0.3) is 5.56 Å². The van der Waals surface area contributed by atoms with Crippen molar-refractivity contribution in [2.24, 2.45) is 11.5 Å². The minimum Gasteiger partial charge on any atom is -0.394 e. The maximum absolute atomic E-state index is 10.9. The highest BCUT2D eigenvalue weighted by Gasteiger charge is 2.29. The highest BCUT2D eigenvalue weighted by molar-refractivity contribution is 5.69. The molecule has 0 unspecified atom stereocenters. The molecule has 0 aromatic carbocycles. The van der Waals surface area contributed by atoms with E-state index in [0.717, 1.165) is 0 Å². The average molecular weight is 422 g/mol. The number of aliphatic hydroxyl groups excluding tert-OH is 5. The number of nitrogens with two attached hydrogens (primary N) is 2. The van der Waals surface area contributed by atoms with Crippen molar-refractivity contribution in [2.75, 3.05) is 6.61 Å². The Hall–Kier alpha value is -3.35. The monoisotopic (exact) mass is 422 g/mol. The molecule has 2 aromatic heterocycles. The Morgan fingerprint density at radius 3 is 1.79 bits per heavy atom. The quantitative estimate of drug-likeness (QED) is 0.202. The van der Waals surface area contributed by atoms with Crippen LogP contribution in [0.4, 0.5) is 4.79 Å². The smallest absolute Gasteiger partial charge is 0.327 e.